The Balaban J connectivity index is 0.000000239. The predicted octanol–water partition coefficient (Wildman–Crippen LogP) is 9.43. The molecule has 4 nitrogen and oxygen atoms in total. The van der Waals surface area contributed by atoms with Crippen molar-refractivity contribution in [3.63, 3.8) is 0 Å². The van der Waals surface area contributed by atoms with Crippen molar-refractivity contribution >= 4 is 49.3 Å². The zero-order valence-electron chi connectivity index (χ0n) is 25.0. The second-order valence-corrected chi connectivity index (χ2v) is 12.7. The van der Waals surface area contributed by atoms with E-state index in [4.69, 9.17) is 4.98 Å². The molecular weight excluding hydrogens is 685 g/mol. The first-order valence-corrected chi connectivity index (χ1v) is 13.8. The van der Waals surface area contributed by atoms with Crippen LogP contribution in [0.5, 0.6) is 0 Å². The van der Waals surface area contributed by atoms with Crippen molar-refractivity contribution < 1.29 is 30.0 Å². The van der Waals surface area contributed by atoms with E-state index in [1.165, 1.54) is 49.9 Å². The fourth-order valence-electron chi connectivity index (χ4n) is 5.10. The zero-order valence-corrected chi connectivity index (χ0v) is 27.4. The smallest absolute Gasteiger partial charge is 0.164 e. The Morgan fingerprint density at radius 2 is 1.54 bits per heavy atom. The van der Waals surface area contributed by atoms with E-state index < -0.39 is 5.41 Å². The van der Waals surface area contributed by atoms with Crippen LogP contribution in [-0.2, 0) is 24.9 Å². The molecule has 1 N–H and O–H groups in total. The number of para-hydroxylation sites is 1. The number of carbonyl (C=O) groups excluding carboxylic acids is 1. The minimum atomic E-state index is -0.417. The number of hydrogen-bond donors (Lipinski definition) is 1. The topological polar surface area (TPSA) is 55.1 Å². The van der Waals surface area contributed by atoms with Crippen LogP contribution in [0.15, 0.2) is 78.7 Å². The summed E-state index contributed by atoms with van der Waals surface area (Å²) in [4.78, 5) is 16.2. The summed E-state index contributed by atoms with van der Waals surface area (Å²) in [6.45, 7) is 15.4. The summed E-state index contributed by atoms with van der Waals surface area (Å²) in [5.74, 6) is 0.104. The van der Waals surface area contributed by atoms with E-state index in [1.807, 2.05) is 53.8 Å². The molecule has 213 valence electrons. The maximum atomic E-state index is 11.5. The standard InChI is InChI=1S/C25H17N2.C11H20O2.Ir/c1-15-13-19-24-22(14-15)27(20-10-4-3-7-16(20)2)21-11-5-8-17(23(21)24)18-9-6-12-26-25(18)19;1-10(2,3)8(12)7-9(13)11(4,5)6;/h3-12,14H,1-2H3;7,12H,1-6H3;/q-1;;/b;8-7-;. The van der Waals surface area contributed by atoms with Crippen molar-refractivity contribution in [3.8, 4) is 5.69 Å². The fourth-order valence-corrected chi connectivity index (χ4v) is 5.10. The van der Waals surface area contributed by atoms with Gasteiger partial charge in [0, 0.05) is 54.4 Å². The molecular formula is C36H37IrN2O2-. The minimum Gasteiger partial charge on any atom is -0.512 e. The zero-order chi connectivity index (χ0) is 29.0. The van der Waals surface area contributed by atoms with Crippen molar-refractivity contribution in [2.75, 3.05) is 0 Å². The van der Waals surface area contributed by atoms with Gasteiger partial charge in [-0.2, -0.15) is 0 Å². The summed E-state index contributed by atoms with van der Waals surface area (Å²) in [6, 6.07) is 25.2. The average Bonchev–Trinajstić information content (AvgIpc) is 3.21. The second kappa shape index (κ2) is 11.0. The van der Waals surface area contributed by atoms with Crippen LogP contribution in [0.3, 0.4) is 0 Å². The van der Waals surface area contributed by atoms with Crippen molar-refractivity contribution in [1.29, 1.82) is 0 Å². The average molecular weight is 722 g/mol. The number of ketones is 1. The normalized spacial score (nSPS) is 12.5. The maximum absolute atomic E-state index is 11.5. The number of allylic oxidation sites excluding steroid dienone is 2. The van der Waals surface area contributed by atoms with Gasteiger partial charge in [-0.05, 0) is 57.9 Å². The number of aliphatic hydroxyl groups is 1. The van der Waals surface area contributed by atoms with Crippen LogP contribution < -0.4 is 0 Å². The van der Waals surface area contributed by atoms with Crippen LogP contribution in [0.2, 0.25) is 0 Å². The van der Waals surface area contributed by atoms with Gasteiger partial charge in [-0.3, -0.25) is 4.79 Å². The summed E-state index contributed by atoms with van der Waals surface area (Å²) >= 11 is 0. The summed E-state index contributed by atoms with van der Waals surface area (Å²) in [6.07, 6.45) is 3.21. The van der Waals surface area contributed by atoms with E-state index >= 15 is 0 Å². The molecule has 0 fully saturated rings. The molecule has 0 atom stereocenters. The number of pyridine rings is 1. The molecule has 0 spiro atoms. The maximum Gasteiger partial charge on any atom is 0.164 e. The molecule has 41 heavy (non-hydrogen) atoms. The van der Waals surface area contributed by atoms with E-state index in [0.29, 0.717) is 0 Å². The van der Waals surface area contributed by atoms with Crippen molar-refractivity contribution in [2.24, 2.45) is 10.8 Å². The molecule has 4 aromatic carbocycles. The number of benzene rings is 4. The molecule has 0 saturated carbocycles. The molecule has 0 unspecified atom stereocenters. The number of nitrogens with zero attached hydrogens (tertiary/aromatic N) is 2. The first-order valence-electron chi connectivity index (χ1n) is 13.8. The van der Waals surface area contributed by atoms with E-state index in [0.717, 1.165) is 16.5 Å². The molecule has 6 aromatic rings. The molecule has 6 rings (SSSR count). The molecule has 0 aliphatic rings. The first-order chi connectivity index (χ1) is 18.8. The van der Waals surface area contributed by atoms with E-state index in [9.17, 15) is 9.90 Å². The van der Waals surface area contributed by atoms with Gasteiger partial charge in [0.1, 0.15) is 5.76 Å². The molecule has 2 heterocycles. The van der Waals surface area contributed by atoms with Crippen LogP contribution in [0, 0.1) is 30.7 Å². The van der Waals surface area contributed by atoms with Gasteiger partial charge < -0.3 is 14.7 Å². The van der Waals surface area contributed by atoms with Crippen LogP contribution in [-0.4, -0.2) is 20.4 Å². The predicted molar refractivity (Wildman–Crippen MR) is 168 cm³/mol. The van der Waals surface area contributed by atoms with E-state index in [-0.39, 0.29) is 37.1 Å². The Kier molecular flexibility index (Phi) is 8.19. The van der Waals surface area contributed by atoms with Gasteiger partial charge in [-0.1, -0.05) is 90.3 Å². The molecule has 5 heteroatoms. The summed E-state index contributed by atoms with van der Waals surface area (Å²) in [5, 5.41) is 15.7. The summed E-state index contributed by atoms with van der Waals surface area (Å²) in [5.41, 5.74) is 6.37. The van der Waals surface area contributed by atoms with Gasteiger partial charge in [-0.25, -0.2) is 0 Å². The first kappa shape index (κ1) is 30.4. The van der Waals surface area contributed by atoms with Crippen LogP contribution in [0.1, 0.15) is 52.7 Å². The Bertz CT molecular complexity index is 1920. The fraction of sp³-hybridized carbons (Fsp3) is 0.278. The summed E-state index contributed by atoms with van der Waals surface area (Å²) < 4.78 is 2.40. The second-order valence-electron chi connectivity index (χ2n) is 12.7. The number of aliphatic hydroxyl groups excluding tert-OH is 1. The van der Waals surface area contributed by atoms with Gasteiger partial charge in [0.25, 0.3) is 0 Å². The molecule has 0 saturated heterocycles. The Morgan fingerprint density at radius 3 is 2.20 bits per heavy atom. The van der Waals surface area contributed by atoms with Gasteiger partial charge >= 0.3 is 0 Å². The van der Waals surface area contributed by atoms with Gasteiger partial charge in [0.05, 0.1) is 0 Å². The molecule has 2 aromatic heterocycles. The number of aryl methyl sites for hydroxylation is 2. The van der Waals surface area contributed by atoms with Gasteiger partial charge in [0.2, 0.25) is 0 Å². The third-order valence-electron chi connectivity index (χ3n) is 7.42. The third-order valence-corrected chi connectivity index (χ3v) is 7.42. The van der Waals surface area contributed by atoms with Crippen molar-refractivity contribution in [3.05, 3.63) is 95.9 Å². The largest absolute Gasteiger partial charge is 0.512 e. The number of hydrogen-bond acceptors (Lipinski definition) is 3. The minimum absolute atomic E-state index is 0. The van der Waals surface area contributed by atoms with E-state index in [2.05, 4.69) is 79.1 Å². The summed E-state index contributed by atoms with van der Waals surface area (Å²) in [7, 11) is 0. The Hall–Kier alpha value is -3.53. The number of aromatic nitrogens is 2. The molecule has 0 bridgehead atoms. The SMILES string of the molecule is CC(C)(C)C(=O)/C=C(\O)C(C)(C)C.Cc1[c-]c2c3ncccc3c3cccc4c3c2c(c1)n4-c1ccccc1C.[Ir]. The molecule has 0 amide bonds. The van der Waals surface area contributed by atoms with Crippen molar-refractivity contribution in [1.82, 2.24) is 9.55 Å². The molecule has 0 aliphatic heterocycles. The Labute approximate surface area is 255 Å². The van der Waals surface area contributed by atoms with Crippen LogP contribution >= 0.6 is 0 Å². The number of carbonyl (C=O) groups is 1. The number of fused-ring (bicyclic) bond motifs is 3. The molecule has 1 radical (unpaired) electrons. The van der Waals surface area contributed by atoms with Crippen LogP contribution in [0.4, 0.5) is 0 Å². The van der Waals surface area contributed by atoms with Crippen molar-refractivity contribution in [2.45, 2.75) is 55.4 Å². The van der Waals surface area contributed by atoms with Gasteiger partial charge in [0.15, 0.2) is 5.78 Å². The van der Waals surface area contributed by atoms with Crippen LogP contribution in [0.25, 0.3) is 49.2 Å². The third kappa shape index (κ3) is 5.54. The van der Waals surface area contributed by atoms with E-state index in [1.54, 1.807) is 0 Å². The Morgan fingerprint density at radius 1 is 0.854 bits per heavy atom. The van der Waals surface area contributed by atoms with Gasteiger partial charge in [-0.15, -0.1) is 23.1 Å². The number of rotatable bonds is 2. The quantitative estimate of drug-likeness (QED) is 0.0840. The molecule has 0 aliphatic carbocycles. The monoisotopic (exact) mass is 722 g/mol.